The molecule has 0 aliphatic heterocycles. The van der Waals surface area contributed by atoms with Crippen LogP contribution in [0, 0.1) is 39.9 Å². The maximum absolute atomic E-state index is 11.4. The van der Waals surface area contributed by atoms with Crippen LogP contribution < -0.4 is 0 Å². The van der Waals surface area contributed by atoms with E-state index in [2.05, 4.69) is 4.74 Å². The van der Waals surface area contributed by atoms with Crippen molar-refractivity contribution in [3.05, 3.63) is 0 Å². The van der Waals surface area contributed by atoms with Crippen molar-refractivity contribution in [2.24, 2.45) is 17.3 Å². The summed E-state index contributed by atoms with van der Waals surface area (Å²) in [6, 6.07) is 3.20. The minimum atomic E-state index is -1.82. The summed E-state index contributed by atoms with van der Waals surface area (Å²) in [6.45, 7) is 0. The van der Waals surface area contributed by atoms with Crippen LogP contribution in [0.4, 0.5) is 0 Å². The van der Waals surface area contributed by atoms with E-state index in [-0.39, 0.29) is 6.42 Å². The number of rotatable bonds is 4. The Balaban J connectivity index is 3.20. The second-order valence-electron chi connectivity index (χ2n) is 3.89. The number of hydrogen-bond acceptors (Lipinski definition) is 5. The van der Waals surface area contributed by atoms with Crippen molar-refractivity contribution < 1.29 is 19.4 Å². The number of nitriles is 2. The fourth-order valence-corrected chi connectivity index (χ4v) is 2.69. The van der Waals surface area contributed by atoms with E-state index in [1.807, 2.05) is 0 Å². The van der Waals surface area contributed by atoms with Gasteiger partial charge in [-0.1, -0.05) is 0 Å². The van der Waals surface area contributed by atoms with Crippen molar-refractivity contribution in [1.29, 1.82) is 10.5 Å². The van der Waals surface area contributed by atoms with E-state index >= 15 is 0 Å². The van der Waals surface area contributed by atoms with E-state index in [0.717, 1.165) is 7.11 Å². The fourth-order valence-electron chi connectivity index (χ4n) is 1.87. The quantitative estimate of drug-likeness (QED) is 0.613. The largest absolute Gasteiger partial charge is 0.481 e. The standard InChI is InChI=1S/C10H8Cl2N2O4/c1-18-7(15)5(2-13)6(3-14)9(8(16)17)4-10(9,11)12/h5-6H,4H2,1H3,(H,16,17). The average molecular weight is 291 g/mol. The van der Waals surface area contributed by atoms with Gasteiger partial charge in [0.05, 0.1) is 25.2 Å². The Kier molecular flexibility index (Phi) is 3.75. The normalized spacial score (nSPS) is 27.2. The lowest BCUT2D eigenvalue weighted by Gasteiger charge is -2.21. The number of alkyl halides is 2. The van der Waals surface area contributed by atoms with Gasteiger partial charge in [-0.15, -0.1) is 23.2 Å². The summed E-state index contributed by atoms with van der Waals surface area (Å²) >= 11 is 11.5. The molecule has 1 rings (SSSR count). The average Bonchev–Trinajstić information content (AvgIpc) is 2.89. The molecule has 0 saturated heterocycles. The van der Waals surface area contributed by atoms with Crippen molar-refractivity contribution in [1.82, 2.24) is 0 Å². The van der Waals surface area contributed by atoms with Crippen LogP contribution in [-0.2, 0) is 14.3 Å². The summed E-state index contributed by atoms with van der Waals surface area (Å²) in [6.07, 6.45) is -0.203. The van der Waals surface area contributed by atoms with Gasteiger partial charge in [0.2, 0.25) is 0 Å². The molecular formula is C10H8Cl2N2O4. The molecule has 3 atom stereocenters. The first-order valence-corrected chi connectivity index (χ1v) is 5.52. The first-order valence-electron chi connectivity index (χ1n) is 4.76. The van der Waals surface area contributed by atoms with Crippen LogP contribution >= 0.6 is 23.2 Å². The Morgan fingerprint density at radius 3 is 2.11 bits per heavy atom. The molecule has 96 valence electrons. The van der Waals surface area contributed by atoms with Gasteiger partial charge >= 0.3 is 11.9 Å². The Labute approximate surface area is 113 Å². The highest BCUT2D eigenvalue weighted by atomic mass is 35.5. The van der Waals surface area contributed by atoms with Crippen LogP contribution in [-0.4, -0.2) is 28.5 Å². The molecular weight excluding hydrogens is 283 g/mol. The molecule has 8 heteroatoms. The minimum Gasteiger partial charge on any atom is -0.481 e. The lowest BCUT2D eigenvalue weighted by atomic mass is 9.80. The minimum absolute atomic E-state index is 0.203. The van der Waals surface area contributed by atoms with Crippen molar-refractivity contribution in [2.45, 2.75) is 10.8 Å². The molecule has 1 fully saturated rings. The summed E-state index contributed by atoms with van der Waals surface area (Å²) in [5.74, 6) is -5.41. The van der Waals surface area contributed by atoms with E-state index in [1.165, 1.54) is 0 Å². The third-order valence-corrected chi connectivity index (χ3v) is 3.95. The Morgan fingerprint density at radius 2 is 1.89 bits per heavy atom. The zero-order valence-electron chi connectivity index (χ0n) is 9.18. The molecule has 0 aromatic rings. The van der Waals surface area contributed by atoms with Crippen LogP contribution in [0.2, 0.25) is 0 Å². The van der Waals surface area contributed by atoms with Gasteiger partial charge in [0.15, 0.2) is 5.92 Å². The summed E-state index contributed by atoms with van der Waals surface area (Å²) in [5.41, 5.74) is -1.82. The number of carboxylic acids is 1. The number of esters is 1. The Bertz CT molecular complexity index is 479. The number of aliphatic carboxylic acids is 1. The molecule has 0 bridgehead atoms. The van der Waals surface area contributed by atoms with Crippen LogP contribution in [0.25, 0.3) is 0 Å². The zero-order chi connectivity index (χ0) is 14.1. The lowest BCUT2D eigenvalue weighted by Crippen LogP contribution is -2.37. The van der Waals surface area contributed by atoms with Gasteiger partial charge < -0.3 is 9.84 Å². The first kappa shape index (κ1) is 14.6. The predicted molar refractivity (Wildman–Crippen MR) is 59.3 cm³/mol. The molecule has 18 heavy (non-hydrogen) atoms. The van der Waals surface area contributed by atoms with Gasteiger partial charge in [-0.2, -0.15) is 10.5 Å². The van der Waals surface area contributed by atoms with Crippen LogP contribution in [0.15, 0.2) is 0 Å². The predicted octanol–water partition coefficient (Wildman–Crippen LogP) is 1.09. The SMILES string of the molecule is COC(=O)C(C#N)C(C#N)C1(C(=O)O)CC1(Cl)Cl. The number of hydrogen-bond donors (Lipinski definition) is 1. The van der Waals surface area contributed by atoms with Gasteiger partial charge in [0.1, 0.15) is 9.75 Å². The highest BCUT2D eigenvalue weighted by Gasteiger charge is 2.77. The van der Waals surface area contributed by atoms with Crippen molar-refractivity contribution in [2.75, 3.05) is 7.11 Å². The molecule has 0 amide bonds. The van der Waals surface area contributed by atoms with Crippen LogP contribution in [0.1, 0.15) is 6.42 Å². The molecule has 0 aromatic heterocycles. The smallest absolute Gasteiger partial charge is 0.324 e. The number of ether oxygens (including phenoxy) is 1. The topological polar surface area (TPSA) is 111 Å². The number of carboxylic acid groups (broad SMARTS) is 1. The summed E-state index contributed by atoms with van der Waals surface area (Å²) in [5, 5.41) is 27.1. The number of carbonyl (C=O) groups excluding carboxylic acids is 1. The van der Waals surface area contributed by atoms with E-state index in [9.17, 15) is 9.59 Å². The van der Waals surface area contributed by atoms with Gasteiger partial charge in [-0.3, -0.25) is 9.59 Å². The van der Waals surface area contributed by atoms with Gasteiger partial charge in [0.25, 0.3) is 0 Å². The summed E-state index contributed by atoms with van der Waals surface area (Å²) in [7, 11) is 1.04. The van der Waals surface area contributed by atoms with Crippen LogP contribution in [0.5, 0.6) is 0 Å². The summed E-state index contributed by atoms with van der Waals surface area (Å²) < 4.78 is 2.70. The number of methoxy groups -OCH3 is 1. The number of carbonyl (C=O) groups is 2. The summed E-state index contributed by atoms with van der Waals surface area (Å²) in [4.78, 5) is 22.6. The molecule has 0 aromatic carbocycles. The molecule has 1 saturated carbocycles. The number of nitrogens with zero attached hydrogens (tertiary/aromatic N) is 2. The van der Waals surface area contributed by atoms with Crippen molar-refractivity contribution >= 4 is 35.1 Å². The Hall–Kier alpha value is -1.50. The molecule has 1 aliphatic carbocycles. The maximum atomic E-state index is 11.4. The van der Waals surface area contributed by atoms with Gasteiger partial charge in [-0.25, -0.2) is 0 Å². The molecule has 1 N–H and O–H groups in total. The van der Waals surface area contributed by atoms with Gasteiger partial charge in [-0.05, 0) is 0 Å². The van der Waals surface area contributed by atoms with Gasteiger partial charge in [0, 0.05) is 6.42 Å². The second-order valence-corrected chi connectivity index (χ2v) is 5.38. The molecule has 6 nitrogen and oxygen atoms in total. The van der Waals surface area contributed by atoms with E-state index < -0.39 is 33.5 Å². The highest BCUT2D eigenvalue weighted by Crippen LogP contribution is 2.69. The van der Waals surface area contributed by atoms with E-state index in [1.54, 1.807) is 12.1 Å². The van der Waals surface area contributed by atoms with Crippen molar-refractivity contribution in [3.63, 3.8) is 0 Å². The Morgan fingerprint density at radius 1 is 1.39 bits per heavy atom. The monoisotopic (exact) mass is 290 g/mol. The maximum Gasteiger partial charge on any atom is 0.324 e. The third-order valence-electron chi connectivity index (χ3n) is 3.01. The first-order chi connectivity index (χ1) is 8.28. The van der Waals surface area contributed by atoms with E-state index in [4.69, 9.17) is 38.8 Å². The molecule has 3 unspecified atom stereocenters. The van der Waals surface area contributed by atoms with Crippen LogP contribution in [0.3, 0.4) is 0 Å². The lowest BCUT2D eigenvalue weighted by molar-refractivity contribution is -0.149. The third kappa shape index (κ3) is 1.88. The van der Waals surface area contributed by atoms with Crippen molar-refractivity contribution in [3.8, 4) is 12.1 Å². The molecule has 0 heterocycles. The molecule has 0 spiro atoms. The highest BCUT2D eigenvalue weighted by molar-refractivity contribution is 6.53. The van der Waals surface area contributed by atoms with E-state index in [0.29, 0.717) is 0 Å². The number of halogens is 2. The molecule has 1 aliphatic rings. The zero-order valence-corrected chi connectivity index (χ0v) is 10.7. The molecule has 0 radical (unpaired) electrons. The fraction of sp³-hybridized carbons (Fsp3) is 0.600. The second kappa shape index (κ2) is 4.64.